The molecule has 1 aromatic rings. The topological polar surface area (TPSA) is 52.6 Å². The average Bonchev–Trinajstić information content (AvgIpc) is 2.54. The van der Waals surface area contributed by atoms with E-state index in [1.54, 1.807) is 0 Å². The predicted molar refractivity (Wildman–Crippen MR) is 90.8 cm³/mol. The normalized spacial score (nSPS) is 23.2. The highest BCUT2D eigenvalue weighted by atomic mass is 16.2. The van der Waals surface area contributed by atoms with Gasteiger partial charge in [0.05, 0.1) is 0 Å². The van der Waals surface area contributed by atoms with Crippen LogP contribution in [0.1, 0.15) is 35.9 Å². The minimum Gasteiger partial charge on any atom is -0.341 e. The summed E-state index contributed by atoms with van der Waals surface area (Å²) in [5.41, 5.74) is 1.40. The fraction of sp³-hybridized carbons (Fsp3) is 0.706. The van der Waals surface area contributed by atoms with E-state index in [-0.39, 0.29) is 5.91 Å². The van der Waals surface area contributed by atoms with Gasteiger partial charge in [-0.3, -0.25) is 4.79 Å². The Morgan fingerprint density at radius 3 is 2.61 bits per heavy atom. The van der Waals surface area contributed by atoms with Crippen molar-refractivity contribution in [2.45, 2.75) is 26.7 Å². The average molecular weight is 317 g/mol. The maximum Gasteiger partial charge on any atom is 0.272 e. The predicted octanol–water partition coefficient (Wildman–Crippen LogP) is 1.41. The van der Waals surface area contributed by atoms with Crippen LogP contribution in [0.15, 0.2) is 6.07 Å². The number of nitrogens with zero attached hydrogens (tertiary/aromatic N) is 5. The summed E-state index contributed by atoms with van der Waals surface area (Å²) in [5, 5.41) is 0. The molecule has 2 saturated heterocycles. The van der Waals surface area contributed by atoms with Gasteiger partial charge in [-0.1, -0.05) is 6.92 Å². The lowest BCUT2D eigenvalue weighted by molar-refractivity contribution is 0.0658. The molecule has 0 N–H and O–H groups in total. The monoisotopic (exact) mass is 317 g/mol. The molecule has 3 rings (SSSR count). The number of anilines is 1. The molecule has 23 heavy (non-hydrogen) atoms. The standard InChI is InChI=1S/C17H27N5O/c1-13-5-4-6-22(12-13)17-18-14(2)11-15(19-17)16(23)21-9-7-20(3)8-10-21/h11,13H,4-10,12H2,1-3H3. The SMILES string of the molecule is Cc1cc(C(=O)N2CCN(C)CC2)nc(N2CCCC(C)C2)n1. The van der Waals surface area contributed by atoms with Gasteiger partial charge < -0.3 is 14.7 Å². The third kappa shape index (κ3) is 3.80. The molecule has 2 fully saturated rings. The highest BCUT2D eigenvalue weighted by Crippen LogP contribution is 2.21. The number of hydrogen-bond donors (Lipinski definition) is 0. The quantitative estimate of drug-likeness (QED) is 0.825. The molecule has 0 aromatic carbocycles. The molecule has 2 aliphatic heterocycles. The smallest absolute Gasteiger partial charge is 0.272 e. The van der Waals surface area contributed by atoms with Crippen molar-refractivity contribution < 1.29 is 4.79 Å². The summed E-state index contributed by atoms with van der Waals surface area (Å²) in [6.45, 7) is 9.56. The van der Waals surface area contributed by atoms with Gasteiger partial charge >= 0.3 is 0 Å². The van der Waals surface area contributed by atoms with E-state index in [1.807, 2.05) is 17.9 Å². The molecule has 6 nitrogen and oxygen atoms in total. The fourth-order valence-electron chi connectivity index (χ4n) is 3.35. The molecule has 0 bridgehead atoms. The van der Waals surface area contributed by atoms with Crippen LogP contribution < -0.4 is 4.90 Å². The van der Waals surface area contributed by atoms with Crippen LogP contribution in [-0.2, 0) is 0 Å². The number of likely N-dealkylation sites (N-methyl/N-ethyl adjacent to an activating group) is 1. The molecule has 6 heteroatoms. The second-order valence-electron chi connectivity index (χ2n) is 6.98. The van der Waals surface area contributed by atoms with Crippen LogP contribution in [-0.4, -0.2) is 72.0 Å². The number of hydrogen-bond acceptors (Lipinski definition) is 5. The first-order valence-electron chi connectivity index (χ1n) is 8.61. The molecule has 0 aliphatic carbocycles. The van der Waals surface area contributed by atoms with Crippen molar-refractivity contribution in [3.8, 4) is 0 Å². The Bertz CT molecular complexity index is 568. The number of aromatic nitrogens is 2. The van der Waals surface area contributed by atoms with Crippen LogP contribution in [0.3, 0.4) is 0 Å². The number of piperazine rings is 1. The third-order valence-electron chi connectivity index (χ3n) is 4.79. The first kappa shape index (κ1) is 16.2. The Morgan fingerprint density at radius 1 is 1.17 bits per heavy atom. The summed E-state index contributed by atoms with van der Waals surface area (Å²) >= 11 is 0. The molecular formula is C17H27N5O. The van der Waals surface area contributed by atoms with Gasteiger partial charge in [0.15, 0.2) is 0 Å². The summed E-state index contributed by atoms with van der Waals surface area (Å²) in [6.07, 6.45) is 2.43. The van der Waals surface area contributed by atoms with Crippen LogP contribution in [0.5, 0.6) is 0 Å². The number of aryl methyl sites for hydroxylation is 1. The van der Waals surface area contributed by atoms with Crippen molar-refractivity contribution in [3.63, 3.8) is 0 Å². The molecule has 0 radical (unpaired) electrons. The molecule has 0 saturated carbocycles. The molecule has 1 unspecified atom stereocenters. The van der Waals surface area contributed by atoms with E-state index in [1.165, 1.54) is 12.8 Å². The largest absolute Gasteiger partial charge is 0.341 e. The van der Waals surface area contributed by atoms with Gasteiger partial charge in [-0.05, 0) is 38.8 Å². The second kappa shape index (κ2) is 6.83. The molecule has 1 amide bonds. The minimum absolute atomic E-state index is 0.0370. The Balaban J connectivity index is 1.78. The third-order valence-corrected chi connectivity index (χ3v) is 4.79. The van der Waals surface area contributed by atoms with Gasteiger partial charge in [-0.25, -0.2) is 9.97 Å². The molecular weight excluding hydrogens is 290 g/mol. The van der Waals surface area contributed by atoms with Crippen LogP contribution in [0.2, 0.25) is 0 Å². The molecule has 0 spiro atoms. The summed E-state index contributed by atoms with van der Waals surface area (Å²) in [5.74, 6) is 1.41. The molecule has 1 atom stereocenters. The lowest BCUT2D eigenvalue weighted by Gasteiger charge is -2.33. The summed E-state index contributed by atoms with van der Waals surface area (Å²) in [7, 11) is 2.09. The fourth-order valence-corrected chi connectivity index (χ4v) is 3.35. The van der Waals surface area contributed by atoms with Gasteiger partial charge in [0.25, 0.3) is 5.91 Å². The van der Waals surface area contributed by atoms with Gasteiger partial charge in [0.2, 0.25) is 5.95 Å². The highest BCUT2D eigenvalue weighted by Gasteiger charge is 2.24. The van der Waals surface area contributed by atoms with Crippen molar-refractivity contribution in [2.75, 3.05) is 51.2 Å². The lowest BCUT2D eigenvalue weighted by atomic mass is 10.0. The zero-order valence-corrected chi connectivity index (χ0v) is 14.5. The van der Waals surface area contributed by atoms with E-state index in [0.29, 0.717) is 17.6 Å². The molecule has 126 valence electrons. The maximum absolute atomic E-state index is 12.8. The number of carbonyl (C=O) groups excluding carboxylic acids is 1. The zero-order chi connectivity index (χ0) is 16.4. The first-order valence-corrected chi connectivity index (χ1v) is 8.61. The number of carbonyl (C=O) groups is 1. The number of piperidine rings is 1. The molecule has 3 heterocycles. The van der Waals surface area contributed by atoms with Gasteiger partial charge in [0.1, 0.15) is 5.69 Å². The van der Waals surface area contributed by atoms with E-state index >= 15 is 0 Å². The Hall–Kier alpha value is -1.69. The maximum atomic E-state index is 12.8. The van der Waals surface area contributed by atoms with Gasteiger partial charge in [0, 0.05) is 45.0 Å². The summed E-state index contributed by atoms with van der Waals surface area (Å²) in [6, 6.07) is 1.82. The van der Waals surface area contributed by atoms with E-state index in [9.17, 15) is 4.79 Å². The van der Waals surface area contributed by atoms with Crippen LogP contribution in [0.4, 0.5) is 5.95 Å². The number of amides is 1. The number of rotatable bonds is 2. The van der Waals surface area contributed by atoms with E-state index in [2.05, 4.69) is 33.7 Å². The van der Waals surface area contributed by atoms with Gasteiger partial charge in [-0.15, -0.1) is 0 Å². The van der Waals surface area contributed by atoms with E-state index < -0.39 is 0 Å². The minimum atomic E-state index is 0.0370. The van der Waals surface area contributed by atoms with Crippen molar-refractivity contribution >= 4 is 11.9 Å². The zero-order valence-electron chi connectivity index (χ0n) is 14.5. The van der Waals surface area contributed by atoms with Gasteiger partial charge in [-0.2, -0.15) is 0 Å². The summed E-state index contributed by atoms with van der Waals surface area (Å²) in [4.78, 5) is 28.3. The van der Waals surface area contributed by atoms with Crippen LogP contribution in [0, 0.1) is 12.8 Å². The van der Waals surface area contributed by atoms with Crippen LogP contribution >= 0.6 is 0 Å². The first-order chi connectivity index (χ1) is 11.0. The molecule has 1 aromatic heterocycles. The second-order valence-corrected chi connectivity index (χ2v) is 6.98. The van der Waals surface area contributed by atoms with E-state index in [0.717, 1.165) is 45.0 Å². The Morgan fingerprint density at radius 2 is 1.91 bits per heavy atom. The highest BCUT2D eigenvalue weighted by molar-refractivity contribution is 5.92. The van der Waals surface area contributed by atoms with Crippen molar-refractivity contribution in [1.82, 2.24) is 19.8 Å². The van der Waals surface area contributed by atoms with Crippen molar-refractivity contribution in [1.29, 1.82) is 0 Å². The van der Waals surface area contributed by atoms with Crippen LogP contribution in [0.25, 0.3) is 0 Å². The Kier molecular flexibility index (Phi) is 4.80. The van der Waals surface area contributed by atoms with Crippen molar-refractivity contribution in [2.24, 2.45) is 5.92 Å². The summed E-state index contributed by atoms with van der Waals surface area (Å²) < 4.78 is 0. The lowest BCUT2D eigenvalue weighted by Crippen LogP contribution is -2.47. The molecule has 2 aliphatic rings. The van der Waals surface area contributed by atoms with Crippen molar-refractivity contribution in [3.05, 3.63) is 17.5 Å². The van der Waals surface area contributed by atoms with E-state index in [4.69, 9.17) is 0 Å². The Labute approximate surface area is 138 Å².